The summed E-state index contributed by atoms with van der Waals surface area (Å²) in [6.45, 7) is 5.16. The monoisotopic (exact) mass is 212 g/mol. The molecule has 0 aromatic carbocycles. The van der Waals surface area contributed by atoms with Crippen LogP contribution in [0.25, 0.3) is 0 Å². The van der Waals surface area contributed by atoms with E-state index in [1.807, 2.05) is 6.08 Å². The molecule has 0 saturated heterocycles. The minimum Gasteiger partial charge on any atom is -0.464 e. The van der Waals surface area contributed by atoms with Gasteiger partial charge in [-0.05, 0) is 18.1 Å². The highest BCUT2D eigenvalue weighted by molar-refractivity contribution is 5.82. The summed E-state index contributed by atoms with van der Waals surface area (Å²) in [4.78, 5) is 12.0. The first-order chi connectivity index (χ1) is 6.85. The molecular weight excluding hydrogens is 190 g/mol. The van der Waals surface area contributed by atoms with Crippen LogP contribution < -0.4 is 0 Å². The third-order valence-corrected chi connectivity index (χ3v) is 3.29. The van der Waals surface area contributed by atoms with Crippen LogP contribution in [0.2, 0.25) is 0 Å². The largest absolute Gasteiger partial charge is 0.464 e. The molecule has 15 heavy (non-hydrogen) atoms. The number of nitrogens with zero attached hydrogens (tertiary/aromatic N) is 1. The Kier molecular flexibility index (Phi) is 3.24. The molecule has 0 N–H and O–H groups in total. The average Bonchev–Trinajstić information content (AvgIpc) is 2.41. The number of hydrogen-bond acceptors (Lipinski definition) is 2. The van der Waals surface area contributed by atoms with Crippen LogP contribution in [0.15, 0.2) is 12.2 Å². The van der Waals surface area contributed by atoms with Crippen molar-refractivity contribution in [2.24, 2.45) is 5.92 Å². The van der Waals surface area contributed by atoms with Crippen molar-refractivity contribution in [3.8, 4) is 0 Å². The lowest BCUT2D eigenvalue weighted by Crippen LogP contribution is -2.61. The number of hydrogen-bond donors (Lipinski definition) is 0. The van der Waals surface area contributed by atoms with Crippen LogP contribution in [0, 0.1) is 5.92 Å². The maximum absolute atomic E-state index is 12.0. The molecule has 0 spiro atoms. The van der Waals surface area contributed by atoms with E-state index < -0.39 is 5.54 Å². The van der Waals surface area contributed by atoms with E-state index in [-0.39, 0.29) is 5.97 Å². The molecule has 0 aromatic heterocycles. The van der Waals surface area contributed by atoms with Gasteiger partial charge in [0.25, 0.3) is 0 Å². The van der Waals surface area contributed by atoms with E-state index in [4.69, 9.17) is 4.74 Å². The van der Waals surface area contributed by atoms with E-state index in [0.717, 1.165) is 13.0 Å². The fraction of sp³-hybridized carbons (Fsp3) is 0.750. The summed E-state index contributed by atoms with van der Waals surface area (Å²) < 4.78 is 5.63. The van der Waals surface area contributed by atoms with Crippen molar-refractivity contribution < 1.29 is 14.0 Å². The highest BCUT2D eigenvalue weighted by Gasteiger charge is 2.53. The number of carbonyl (C=O) groups is 1. The Morgan fingerprint density at radius 3 is 2.47 bits per heavy atom. The minimum atomic E-state index is -0.483. The molecule has 86 valence electrons. The minimum absolute atomic E-state index is 0.116. The van der Waals surface area contributed by atoms with Crippen molar-refractivity contribution in [2.45, 2.75) is 25.8 Å². The standard InChI is InChI=1S/C12H22NO2/c1-10(2)9-12(11(14)15-5)7-6-8-13(12,3)4/h6-7,10H,8-9H2,1-5H3/q+1. The van der Waals surface area contributed by atoms with E-state index in [2.05, 4.69) is 34.0 Å². The van der Waals surface area contributed by atoms with E-state index in [0.29, 0.717) is 10.4 Å². The third kappa shape index (κ3) is 1.93. The van der Waals surface area contributed by atoms with Gasteiger partial charge in [0, 0.05) is 6.42 Å². The first kappa shape index (κ1) is 12.2. The number of rotatable bonds is 3. The Labute approximate surface area is 92.3 Å². The van der Waals surface area contributed by atoms with Gasteiger partial charge in [0.1, 0.15) is 0 Å². The summed E-state index contributed by atoms with van der Waals surface area (Å²) in [5.74, 6) is 0.360. The predicted octanol–water partition coefficient (Wildman–Crippen LogP) is 1.59. The molecule has 0 radical (unpaired) electrons. The SMILES string of the molecule is COC(=O)C1(CC(C)C)C=CC[N+]1(C)C. The van der Waals surface area contributed by atoms with Gasteiger partial charge in [-0.3, -0.25) is 0 Å². The van der Waals surface area contributed by atoms with Gasteiger partial charge in [-0.1, -0.05) is 13.8 Å². The molecule has 3 heteroatoms. The number of likely N-dealkylation sites (N-methyl/N-ethyl adjacent to an activating group) is 1. The van der Waals surface area contributed by atoms with E-state index >= 15 is 0 Å². The van der Waals surface area contributed by atoms with Crippen molar-refractivity contribution in [2.75, 3.05) is 27.7 Å². The molecule has 0 aromatic rings. The first-order valence-corrected chi connectivity index (χ1v) is 5.45. The van der Waals surface area contributed by atoms with Crippen LogP contribution in [-0.2, 0) is 9.53 Å². The zero-order valence-corrected chi connectivity index (χ0v) is 10.4. The van der Waals surface area contributed by atoms with Gasteiger partial charge < -0.3 is 9.22 Å². The van der Waals surface area contributed by atoms with Crippen LogP contribution in [-0.4, -0.2) is 43.7 Å². The maximum atomic E-state index is 12.0. The van der Waals surface area contributed by atoms with E-state index in [9.17, 15) is 4.79 Å². The molecular formula is C12H22NO2+. The number of carbonyl (C=O) groups excluding carboxylic acids is 1. The van der Waals surface area contributed by atoms with Crippen LogP contribution in [0.5, 0.6) is 0 Å². The summed E-state index contributed by atoms with van der Waals surface area (Å²) in [5, 5.41) is 0. The van der Waals surface area contributed by atoms with Gasteiger partial charge in [-0.15, -0.1) is 0 Å². The highest BCUT2D eigenvalue weighted by Crippen LogP contribution is 2.35. The lowest BCUT2D eigenvalue weighted by molar-refractivity contribution is -0.915. The fourth-order valence-corrected chi connectivity index (χ4v) is 2.39. The zero-order valence-electron chi connectivity index (χ0n) is 10.4. The molecule has 0 aliphatic carbocycles. The van der Waals surface area contributed by atoms with Crippen molar-refractivity contribution >= 4 is 5.97 Å². The van der Waals surface area contributed by atoms with Gasteiger partial charge in [0.15, 0.2) is 0 Å². The van der Waals surface area contributed by atoms with Crippen LogP contribution in [0.1, 0.15) is 20.3 Å². The van der Waals surface area contributed by atoms with E-state index in [1.54, 1.807) is 0 Å². The van der Waals surface area contributed by atoms with Gasteiger partial charge in [0.05, 0.1) is 27.7 Å². The van der Waals surface area contributed by atoms with E-state index in [1.165, 1.54) is 7.11 Å². The Morgan fingerprint density at radius 2 is 2.13 bits per heavy atom. The van der Waals surface area contributed by atoms with Crippen molar-refractivity contribution in [3.63, 3.8) is 0 Å². The number of esters is 1. The van der Waals surface area contributed by atoms with Crippen molar-refractivity contribution in [1.82, 2.24) is 0 Å². The summed E-state index contributed by atoms with van der Waals surface area (Å²) in [6, 6.07) is 0. The summed E-state index contributed by atoms with van der Waals surface area (Å²) in [5.41, 5.74) is -0.483. The summed E-state index contributed by atoms with van der Waals surface area (Å²) in [6.07, 6.45) is 4.95. The quantitative estimate of drug-likeness (QED) is 0.403. The Hall–Kier alpha value is -0.830. The molecule has 1 heterocycles. The molecule has 3 nitrogen and oxygen atoms in total. The van der Waals surface area contributed by atoms with Gasteiger partial charge in [0.2, 0.25) is 5.54 Å². The van der Waals surface area contributed by atoms with Crippen molar-refractivity contribution in [3.05, 3.63) is 12.2 Å². The second-order valence-corrected chi connectivity index (χ2v) is 5.28. The Balaban J connectivity index is 3.06. The molecule has 1 aliphatic heterocycles. The average molecular weight is 212 g/mol. The number of ether oxygens (including phenoxy) is 1. The third-order valence-electron chi connectivity index (χ3n) is 3.29. The normalized spacial score (nSPS) is 28.4. The van der Waals surface area contributed by atoms with Gasteiger partial charge in [-0.25, -0.2) is 4.79 Å². The topological polar surface area (TPSA) is 26.3 Å². The van der Waals surface area contributed by atoms with Crippen LogP contribution in [0.3, 0.4) is 0 Å². The summed E-state index contributed by atoms with van der Waals surface area (Å²) >= 11 is 0. The molecule has 0 amide bonds. The predicted molar refractivity (Wildman–Crippen MR) is 60.3 cm³/mol. The zero-order chi connectivity index (χ0) is 11.7. The van der Waals surface area contributed by atoms with Crippen LogP contribution in [0.4, 0.5) is 0 Å². The lowest BCUT2D eigenvalue weighted by atomic mass is 9.87. The smallest absolute Gasteiger partial charge is 0.372 e. The Morgan fingerprint density at radius 1 is 1.53 bits per heavy atom. The van der Waals surface area contributed by atoms with Crippen molar-refractivity contribution in [1.29, 1.82) is 0 Å². The molecule has 1 rings (SSSR count). The molecule has 1 aliphatic rings. The van der Waals surface area contributed by atoms with Crippen LogP contribution >= 0.6 is 0 Å². The highest BCUT2D eigenvalue weighted by atomic mass is 16.5. The van der Waals surface area contributed by atoms with Gasteiger partial charge >= 0.3 is 5.97 Å². The lowest BCUT2D eigenvalue weighted by Gasteiger charge is -2.41. The van der Waals surface area contributed by atoms with Gasteiger partial charge in [-0.2, -0.15) is 0 Å². The fourth-order valence-electron chi connectivity index (χ4n) is 2.39. The molecule has 1 unspecified atom stereocenters. The maximum Gasteiger partial charge on any atom is 0.372 e. The molecule has 1 atom stereocenters. The summed E-state index contributed by atoms with van der Waals surface area (Å²) in [7, 11) is 5.63. The second-order valence-electron chi connectivity index (χ2n) is 5.28. The molecule has 0 fully saturated rings. The second kappa shape index (κ2) is 3.97. The first-order valence-electron chi connectivity index (χ1n) is 5.45. The molecule has 0 saturated carbocycles. The number of quaternary nitrogens is 1. The number of methoxy groups -OCH3 is 1. The molecule has 0 bridgehead atoms. The Bertz CT molecular complexity index is 281.